The van der Waals surface area contributed by atoms with Crippen molar-refractivity contribution in [1.29, 1.82) is 0 Å². The third kappa shape index (κ3) is 6.04. The van der Waals surface area contributed by atoms with Crippen molar-refractivity contribution >= 4 is 0 Å². The van der Waals surface area contributed by atoms with Gasteiger partial charge in [0.15, 0.2) is 0 Å². The number of hydrogen-bond acceptors (Lipinski definition) is 1. The average molecular weight is 347 g/mol. The first-order chi connectivity index (χ1) is 12.2. The number of phenols is 1. The molecule has 144 valence electrons. The number of hydrogen-bond donors (Lipinski definition) is 1. The minimum atomic E-state index is 0.650. The maximum Gasteiger partial charge on any atom is 0.122 e. The fourth-order valence-corrected chi connectivity index (χ4v) is 4.24. The van der Waals surface area contributed by atoms with Gasteiger partial charge in [0.05, 0.1) is 0 Å². The highest BCUT2D eigenvalue weighted by molar-refractivity contribution is 5.56. The Morgan fingerprint density at radius 2 is 0.960 bits per heavy atom. The van der Waals surface area contributed by atoms with Crippen LogP contribution in [0.15, 0.2) is 0 Å². The van der Waals surface area contributed by atoms with Crippen LogP contribution in [0.3, 0.4) is 0 Å². The highest BCUT2D eigenvalue weighted by Crippen LogP contribution is 2.37. The summed E-state index contributed by atoms with van der Waals surface area (Å²) in [7, 11) is 0. The lowest BCUT2D eigenvalue weighted by Crippen LogP contribution is -2.10. The number of benzene rings is 1. The topological polar surface area (TPSA) is 20.2 Å². The van der Waals surface area contributed by atoms with E-state index in [0.717, 1.165) is 38.5 Å². The number of phenolic OH excluding ortho intramolecular Hbond substituents is 1. The van der Waals surface area contributed by atoms with Crippen LogP contribution in [-0.4, -0.2) is 5.11 Å². The van der Waals surface area contributed by atoms with Gasteiger partial charge in [-0.1, -0.05) is 79.6 Å². The molecular weight excluding hydrogens is 304 g/mol. The van der Waals surface area contributed by atoms with Crippen molar-refractivity contribution in [3.63, 3.8) is 0 Å². The maximum atomic E-state index is 11.1. The van der Waals surface area contributed by atoms with Crippen molar-refractivity contribution < 1.29 is 5.11 Å². The van der Waals surface area contributed by atoms with Gasteiger partial charge in [-0.3, -0.25) is 0 Å². The van der Waals surface area contributed by atoms with E-state index in [4.69, 9.17) is 0 Å². The lowest BCUT2D eigenvalue weighted by Gasteiger charge is -2.24. The molecule has 0 radical (unpaired) electrons. The second-order valence-corrected chi connectivity index (χ2v) is 7.51. The summed E-state index contributed by atoms with van der Waals surface area (Å²) in [4.78, 5) is 0. The Bertz CT molecular complexity index is 502. The monoisotopic (exact) mass is 346 g/mol. The zero-order valence-electron chi connectivity index (χ0n) is 17.6. The smallest absolute Gasteiger partial charge is 0.122 e. The van der Waals surface area contributed by atoms with E-state index >= 15 is 0 Å². The van der Waals surface area contributed by atoms with E-state index in [-0.39, 0.29) is 0 Å². The highest BCUT2D eigenvalue weighted by atomic mass is 16.3. The van der Waals surface area contributed by atoms with Gasteiger partial charge in [0.2, 0.25) is 0 Å². The summed E-state index contributed by atoms with van der Waals surface area (Å²) >= 11 is 0. The molecule has 0 spiro atoms. The average Bonchev–Trinajstić information content (AvgIpc) is 2.61. The Labute approximate surface area is 157 Å². The molecule has 0 aromatic heterocycles. The molecule has 1 nitrogen and oxygen atoms in total. The molecular formula is C24H42O. The number of unbranched alkanes of at least 4 members (excludes halogenated alkanes) is 4. The molecule has 1 aromatic rings. The van der Waals surface area contributed by atoms with Gasteiger partial charge in [0.25, 0.3) is 0 Å². The molecule has 1 aromatic carbocycles. The third-order valence-corrected chi connectivity index (χ3v) is 5.41. The van der Waals surface area contributed by atoms with Crippen LogP contribution in [0.25, 0.3) is 0 Å². The number of rotatable bonds is 13. The van der Waals surface area contributed by atoms with Crippen molar-refractivity contribution in [1.82, 2.24) is 0 Å². The van der Waals surface area contributed by atoms with Crippen molar-refractivity contribution in [2.45, 2.75) is 118 Å². The Balaban J connectivity index is 3.27. The lowest BCUT2D eigenvalue weighted by atomic mass is 9.82. The summed E-state index contributed by atoms with van der Waals surface area (Å²) in [6.07, 6.45) is 15.3. The largest absolute Gasteiger partial charge is 0.507 e. The van der Waals surface area contributed by atoms with Gasteiger partial charge in [-0.25, -0.2) is 0 Å². The predicted octanol–water partition coefficient (Wildman–Crippen LogP) is 7.33. The first-order valence-corrected chi connectivity index (χ1v) is 11.0. The van der Waals surface area contributed by atoms with E-state index in [9.17, 15) is 5.11 Å². The molecule has 0 aliphatic heterocycles. The second-order valence-electron chi connectivity index (χ2n) is 7.51. The molecule has 0 aliphatic carbocycles. The van der Waals surface area contributed by atoms with Gasteiger partial charge in [0, 0.05) is 0 Å². The van der Waals surface area contributed by atoms with Crippen LogP contribution in [0, 0.1) is 0 Å². The van der Waals surface area contributed by atoms with E-state index in [1.807, 2.05) is 0 Å². The molecule has 1 heteroatoms. The third-order valence-electron chi connectivity index (χ3n) is 5.41. The standard InChI is InChI=1S/C24H42O/c1-6-11-12-13-14-18-23-19(10-5)20(15-7-2)21(16-8-3)22(17-9-4)24(23)25/h25H,6-18H2,1-5H3. The molecule has 0 saturated heterocycles. The lowest BCUT2D eigenvalue weighted by molar-refractivity contribution is 0.455. The molecule has 1 rings (SSSR count). The van der Waals surface area contributed by atoms with Crippen molar-refractivity contribution in [2.24, 2.45) is 0 Å². The molecule has 1 N–H and O–H groups in total. The molecule has 0 saturated carbocycles. The molecule has 0 heterocycles. The van der Waals surface area contributed by atoms with Crippen LogP contribution >= 0.6 is 0 Å². The summed E-state index contributed by atoms with van der Waals surface area (Å²) < 4.78 is 0. The van der Waals surface area contributed by atoms with Gasteiger partial charge in [0.1, 0.15) is 5.75 Å². The van der Waals surface area contributed by atoms with Crippen molar-refractivity contribution in [3.05, 3.63) is 27.8 Å². The second kappa shape index (κ2) is 12.4. The molecule has 0 fully saturated rings. The summed E-state index contributed by atoms with van der Waals surface area (Å²) in [6.45, 7) is 11.3. The van der Waals surface area contributed by atoms with Crippen molar-refractivity contribution in [3.8, 4) is 5.75 Å². The first-order valence-electron chi connectivity index (χ1n) is 11.0. The van der Waals surface area contributed by atoms with Crippen LogP contribution in [0.1, 0.15) is 114 Å². The van der Waals surface area contributed by atoms with Crippen LogP contribution in [0.5, 0.6) is 5.75 Å². The van der Waals surface area contributed by atoms with Gasteiger partial charge in [-0.15, -0.1) is 0 Å². The predicted molar refractivity (Wildman–Crippen MR) is 112 cm³/mol. The quantitative estimate of drug-likeness (QED) is 0.371. The van der Waals surface area contributed by atoms with Gasteiger partial charge in [-0.2, -0.15) is 0 Å². The van der Waals surface area contributed by atoms with E-state index in [1.54, 1.807) is 5.56 Å². The molecule has 0 aliphatic rings. The van der Waals surface area contributed by atoms with E-state index < -0.39 is 0 Å². The van der Waals surface area contributed by atoms with Crippen molar-refractivity contribution in [2.75, 3.05) is 0 Å². The van der Waals surface area contributed by atoms with Crippen LogP contribution in [0.2, 0.25) is 0 Å². The molecule has 0 atom stereocenters. The SMILES string of the molecule is CCCCCCCc1c(O)c(CCC)c(CCC)c(CCC)c1CC. The Kier molecular flexibility index (Phi) is 10.9. The minimum Gasteiger partial charge on any atom is -0.507 e. The molecule has 0 amide bonds. The Hall–Kier alpha value is -0.980. The number of aromatic hydroxyl groups is 1. The van der Waals surface area contributed by atoms with Crippen LogP contribution in [-0.2, 0) is 32.1 Å². The van der Waals surface area contributed by atoms with Gasteiger partial charge < -0.3 is 5.11 Å². The first kappa shape index (κ1) is 22.1. The van der Waals surface area contributed by atoms with E-state index in [1.165, 1.54) is 67.2 Å². The highest BCUT2D eigenvalue weighted by Gasteiger charge is 2.21. The van der Waals surface area contributed by atoms with E-state index in [2.05, 4.69) is 34.6 Å². The van der Waals surface area contributed by atoms with Gasteiger partial charge >= 0.3 is 0 Å². The maximum absolute atomic E-state index is 11.1. The summed E-state index contributed by atoms with van der Waals surface area (Å²) in [5.74, 6) is 0.650. The Morgan fingerprint density at radius 3 is 1.48 bits per heavy atom. The molecule has 25 heavy (non-hydrogen) atoms. The fraction of sp³-hybridized carbons (Fsp3) is 0.750. The Morgan fingerprint density at radius 1 is 0.480 bits per heavy atom. The van der Waals surface area contributed by atoms with Crippen LogP contribution < -0.4 is 0 Å². The summed E-state index contributed by atoms with van der Waals surface area (Å²) in [6, 6.07) is 0. The zero-order chi connectivity index (χ0) is 18.7. The fourth-order valence-electron chi connectivity index (χ4n) is 4.24. The molecule has 0 unspecified atom stereocenters. The normalized spacial score (nSPS) is 11.2. The van der Waals surface area contributed by atoms with E-state index in [0.29, 0.717) is 5.75 Å². The van der Waals surface area contributed by atoms with Crippen LogP contribution in [0.4, 0.5) is 0 Å². The van der Waals surface area contributed by atoms with Gasteiger partial charge in [-0.05, 0) is 66.3 Å². The minimum absolute atomic E-state index is 0.650. The zero-order valence-corrected chi connectivity index (χ0v) is 17.6. The molecule has 0 bridgehead atoms. The summed E-state index contributed by atoms with van der Waals surface area (Å²) in [5.41, 5.74) is 7.09. The summed E-state index contributed by atoms with van der Waals surface area (Å²) in [5, 5.41) is 11.1.